The zero-order valence-corrected chi connectivity index (χ0v) is 18.4. The van der Waals surface area contributed by atoms with Gasteiger partial charge in [-0.3, -0.25) is 0 Å². The lowest BCUT2D eigenvalue weighted by Crippen LogP contribution is -2.66. The first-order valence-corrected chi connectivity index (χ1v) is 11.9. The number of aliphatic hydroxyl groups is 3. The predicted molar refractivity (Wildman–Crippen MR) is 107 cm³/mol. The van der Waals surface area contributed by atoms with E-state index in [-0.39, 0.29) is 46.6 Å². The molecule has 1 aliphatic heterocycles. The summed E-state index contributed by atoms with van der Waals surface area (Å²) in [6.45, 7) is 9.19. The van der Waals surface area contributed by atoms with Crippen molar-refractivity contribution in [1.29, 1.82) is 0 Å². The van der Waals surface area contributed by atoms with Crippen LogP contribution in [0.5, 0.6) is 0 Å². The molecule has 2 spiro atoms. The molecule has 164 valence electrons. The van der Waals surface area contributed by atoms with Crippen LogP contribution in [0.3, 0.4) is 0 Å². The van der Waals surface area contributed by atoms with Gasteiger partial charge < -0.3 is 24.8 Å². The largest absolute Gasteiger partial charge is 0.394 e. The van der Waals surface area contributed by atoms with Crippen LogP contribution in [0.4, 0.5) is 0 Å². The number of hydrogen-bond acceptors (Lipinski definition) is 5. The molecule has 5 unspecified atom stereocenters. The van der Waals surface area contributed by atoms with Crippen LogP contribution in [0.1, 0.15) is 66.2 Å². The molecule has 3 N–H and O–H groups in total. The maximum absolute atomic E-state index is 11.7. The van der Waals surface area contributed by atoms with E-state index >= 15 is 0 Å². The smallest absolute Gasteiger partial charge is 0.106 e. The molecular formula is C24H38O5. The van der Waals surface area contributed by atoms with E-state index in [9.17, 15) is 15.3 Å². The van der Waals surface area contributed by atoms with E-state index in [1.807, 2.05) is 0 Å². The van der Waals surface area contributed by atoms with E-state index in [1.165, 1.54) is 19.3 Å². The number of rotatable bonds is 4. The molecule has 6 aliphatic rings. The van der Waals surface area contributed by atoms with Crippen LogP contribution in [-0.2, 0) is 9.47 Å². The van der Waals surface area contributed by atoms with E-state index in [1.54, 1.807) is 0 Å². The fourth-order valence-electron chi connectivity index (χ4n) is 10.1. The monoisotopic (exact) mass is 406 g/mol. The van der Waals surface area contributed by atoms with Crippen LogP contribution < -0.4 is 0 Å². The first-order valence-electron chi connectivity index (χ1n) is 11.9. The third kappa shape index (κ3) is 1.90. The highest BCUT2D eigenvalue weighted by molar-refractivity contribution is 5.35. The van der Waals surface area contributed by atoms with Crippen molar-refractivity contribution in [2.24, 2.45) is 39.9 Å². The van der Waals surface area contributed by atoms with E-state index in [0.717, 1.165) is 19.3 Å². The molecule has 0 aromatic rings. The highest BCUT2D eigenvalue weighted by Gasteiger charge is 2.87. The van der Waals surface area contributed by atoms with Gasteiger partial charge in [-0.15, -0.1) is 0 Å². The minimum atomic E-state index is -0.428. The summed E-state index contributed by atoms with van der Waals surface area (Å²) in [7, 11) is 0. The van der Waals surface area contributed by atoms with Gasteiger partial charge in [0.2, 0.25) is 0 Å². The van der Waals surface area contributed by atoms with E-state index in [2.05, 4.69) is 27.7 Å². The maximum Gasteiger partial charge on any atom is 0.106 e. The highest BCUT2D eigenvalue weighted by atomic mass is 16.6. The summed E-state index contributed by atoms with van der Waals surface area (Å²) < 4.78 is 12.6. The molecule has 1 saturated heterocycles. The van der Waals surface area contributed by atoms with Crippen LogP contribution in [0, 0.1) is 39.9 Å². The number of aliphatic hydroxyl groups excluding tert-OH is 3. The highest BCUT2D eigenvalue weighted by Crippen LogP contribution is 2.84. The van der Waals surface area contributed by atoms with Crippen molar-refractivity contribution < 1.29 is 24.8 Å². The lowest BCUT2D eigenvalue weighted by atomic mass is 9.43. The van der Waals surface area contributed by atoms with Crippen LogP contribution in [0.2, 0.25) is 0 Å². The van der Waals surface area contributed by atoms with Crippen molar-refractivity contribution in [3.8, 4) is 0 Å². The number of hydrogen-bond donors (Lipinski definition) is 3. The Morgan fingerprint density at radius 3 is 2.48 bits per heavy atom. The molecule has 5 nitrogen and oxygen atoms in total. The molecule has 5 saturated carbocycles. The maximum atomic E-state index is 11.7. The second-order valence-electron chi connectivity index (χ2n) is 12.3. The van der Waals surface area contributed by atoms with Crippen LogP contribution >= 0.6 is 0 Å². The van der Waals surface area contributed by atoms with E-state index in [4.69, 9.17) is 9.47 Å². The Bertz CT molecular complexity index is 739. The normalized spacial score (nSPS) is 62.0. The molecule has 1 heterocycles. The molecule has 29 heavy (non-hydrogen) atoms. The number of fused-ring (bicyclic) bond motifs is 2. The molecule has 6 rings (SSSR count). The summed E-state index contributed by atoms with van der Waals surface area (Å²) in [6.07, 6.45) is 5.69. The first-order chi connectivity index (χ1) is 13.6. The predicted octanol–water partition coefficient (Wildman–Crippen LogP) is 2.51. The average molecular weight is 407 g/mol. The zero-order valence-electron chi connectivity index (χ0n) is 18.4. The van der Waals surface area contributed by atoms with Gasteiger partial charge in [-0.05, 0) is 75.5 Å². The van der Waals surface area contributed by atoms with Gasteiger partial charge in [-0.25, -0.2) is 0 Å². The third-order valence-corrected chi connectivity index (χ3v) is 11.5. The summed E-state index contributed by atoms with van der Waals surface area (Å²) in [5.74, 6) is 1.63. The van der Waals surface area contributed by atoms with E-state index < -0.39 is 11.7 Å². The van der Waals surface area contributed by atoms with Crippen molar-refractivity contribution in [2.75, 3.05) is 13.2 Å². The SMILES string of the molecule is CC(C)(OCCO)C1C[C@H]2O[C@]23C2C[C@@H](O)[C@]45CC4CC[C@]5(C)C2C[C@@H](O)C13C. The van der Waals surface area contributed by atoms with Crippen molar-refractivity contribution >= 4 is 0 Å². The Hall–Kier alpha value is -0.200. The quantitative estimate of drug-likeness (QED) is 0.625. The average Bonchev–Trinajstić information content (AvgIpc) is 3.53. The van der Waals surface area contributed by atoms with Crippen molar-refractivity contribution in [3.63, 3.8) is 0 Å². The Labute approximate surface area is 174 Å². The first kappa shape index (κ1) is 19.5. The summed E-state index contributed by atoms with van der Waals surface area (Å²) >= 11 is 0. The van der Waals surface area contributed by atoms with Gasteiger partial charge >= 0.3 is 0 Å². The van der Waals surface area contributed by atoms with Gasteiger partial charge in [0.25, 0.3) is 0 Å². The molecule has 0 bridgehead atoms. The standard InChI is InChI=1S/C24H38O5/c1-20(2,28-8-7-25)16-11-19-24(29-19)15-10-18(27)23-12-13(23)5-6-21(23,3)14(15)9-17(26)22(16,24)4/h13-19,25-27H,5-12H2,1-4H3/t13?,14?,15?,16?,17-,18-,19-,21-,22?,23+,24-/m1/s1. The lowest BCUT2D eigenvalue weighted by Gasteiger charge is -2.62. The van der Waals surface area contributed by atoms with Gasteiger partial charge in [0.05, 0.1) is 37.1 Å². The molecule has 11 atom stereocenters. The molecule has 0 aromatic heterocycles. The van der Waals surface area contributed by atoms with Crippen LogP contribution in [0.15, 0.2) is 0 Å². The van der Waals surface area contributed by atoms with Crippen molar-refractivity contribution in [3.05, 3.63) is 0 Å². The Morgan fingerprint density at radius 2 is 1.79 bits per heavy atom. The summed E-state index contributed by atoms with van der Waals surface area (Å²) in [5.41, 5.74) is -0.875. The lowest BCUT2D eigenvalue weighted by molar-refractivity contribution is -0.226. The number of ether oxygens (including phenoxy) is 2. The van der Waals surface area contributed by atoms with Crippen LogP contribution in [0.25, 0.3) is 0 Å². The van der Waals surface area contributed by atoms with Crippen molar-refractivity contribution in [1.82, 2.24) is 0 Å². The Kier molecular flexibility index (Phi) is 3.63. The molecule has 5 aliphatic carbocycles. The molecular weight excluding hydrogens is 368 g/mol. The summed E-state index contributed by atoms with van der Waals surface area (Å²) in [6, 6.07) is 0. The van der Waals surface area contributed by atoms with E-state index in [0.29, 0.717) is 24.4 Å². The number of epoxide rings is 1. The van der Waals surface area contributed by atoms with Crippen molar-refractivity contribution in [2.45, 2.75) is 95.7 Å². The second-order valence-corrected chi connectivity index (χ2v) is 12.3. The third-order valence-electron chi connectivity index (χ3n) is 11.5. The van der Waals surface area contributed by atoms with Gasteiger partial charge in [-0.2, -0.15) is 0 Å². The molecule has 0 amide bonds. The van der Waals surface area contributed by atoms with Gasteiger partial charge in [0.15, 0.2) is 0 Å². The zero-order chi connectivity index (χ0) is 20.6. The summed E-state index contributed by atoms with van der Waals surface area (Å²) in [5, 5.41) is 32.3. The minimum Gasteiger partial charge on any atom is -0.394 e. The molecule has 0 radical (unpaired) electrons. The van der Waals surface area contributed by atoms with Gasteiger partial charge in [-0.1, -0.05) is 13.8 Å². The molecule has 0 aromatic carbocycles. The van der Waals surface area contributed by atoms with Gasteiger partial charge in [0.1, 0.15) is 5.60 Å². The summed E-state index contributed by atoms with van der Waals surface area (Å²) in [4.78, 5) is 0. The van der Waals surface area contributed by atoms with Crippen LogP contribution in [-0.4, -0.2) is 58.0 Å². The second kappa shape index (κ2) is 5.40. The molecule has 6 fully saturated rings. The Balaban J connectivity index is 1.39. The Morgan fingerprint density at radius 1 is 1.07 bits per heavy atom. The fraction of sp³-hybridized carbons (Fsp3) is 1.00. The van der Waals surface area contributed by atoms with Gasteiger partial charge in [0, 0.05) is 16.7 Å². The minimum absolute atomic E-state index is 0.0129. The molecule has 5 heteroatoms. The topological polar surface area (TPSA) is 82.5 Å². The fourth-order valence-corrected chi connectivity index (χ4v) is 10.1.